The normalized spacial score (nSPS) is 14.6. The van der Waals surface area contributed by atoms with Crippen LogP contribution < -0.4 is 0 Å². The Morgan fingerprint density at radius 1 is 0.290 bits per heavy atom. The molecule has 100 heavy (non-hydrogen) atoms. The topological polar surface area (TPSA) is 237 Å². The summed E-state index contributed by atoms with van der Waals surface area (Å²) in [5.74, 6) is -2.22. The van der Waals surface area contributed by atoms with Crippen LogP contribution in [0, 0.1) is 0 Å². The highest BCUT2D eigenvalue weighted by molar-refractivity contribution is 7.47. The number of hydrogen-bond donors (Lipinski definition) is 3. The van der Waals surface area contributed by atoms with Gasteiger partial charge in [0.15, 0.2) is 12.2 Å². The van der Waals surface area contributed by atoms with Gasteiger partial charge >= 0.3 is 39.5 Å². The van der Waals surface area contributed by atoms with Gasteiger partial charge in [0.2, 0.25) is 0 Å². The Labute approximate surface area is 606 Å². The Balaban J connectivity index is 5.35. The summed E-state index contributed by atoms with van der Waals surface area (Å²) in [6, 6.07) is 0. The van der Waals surface area contributed by atoms with E-state index in [1.807, 2.05) is 0 Å². The van der Waals surface area contributed by atoms with Gasteiger partial charge in [0, 0.05) is 25.7 Å². The van der Waals surface area contributed by atoms with Gasteiger partial charge in [-0.05, 0) is 141 Å². The molecule has 0 aromatic heterocycles. The maximum atomic E-state index is 13.1. The number of allylic oxidation sites excluding steroid dienone is 20. The fraction of sp³-hybridized carbons (Fsp3) is 0.704. The first-order chi connectivity index (χ1) is 48.7. The van der Waals surface area contributed by atoms with E-state index in [9.17, 15) is 43.2 Å². The van der Waals surface area contributed by atoms with Crippen LogP contribution in [-0.4, -0.2) is 96.7 Å². The quantitative estimate of drug-likeness (QED) is 0.0169. The Bertz CT molecular complexity index is 2210. The zero-order valence-electron chi connectivity index (χ0n) is 62.6. The van der Waals surface area contributed by atoms with Crippen LogP contribution >= 0.6 is 15.6 Å². The molecule has 0 aromatic rings. The largest absolute Gasteiger partial charge is 0.472 e. The van der Waals surface area contributed by atoms with Crippen molar-refractivity contribution in [2.45, 2.75) is 329 Å². The summed E-state index contributed by atoms with van der Waals surface area (Å²) < 4.78 is 68.5. The first kappa shape index (κ1) is 95.5. The number of esters is 4. The van der Waals surface area contributed by atoms with E-state index < -0.39 is 97.5 Å². The number of aliphatic hydroxyl groups is 1. The summed E-state index contributed by atoms with van der Waals surface area (Å²) in [5, 5.41) is 10.6. The number of phosphoric acid groups is 2. The first-order valence-corrected chi connectivity index (χ1v) is 41.8. The summed E-state index contributed by atoms with van der Waals surface area (Å²) in [5.41, 5.74) is 0. The predicted octanol–water partition coefficient (Wildman–Crippen LogP) is 22.3. The number of hydrogen-bond acceptors (Lipinski definition) is 15. The van der Waals surface area contributed by atoms with Crippen molar-refractivity contribution in [3.8, 4) is 0 Å². The lowest BCUT2D eigenvalue weighted by molar-refractivity contribution is -0.161. The Morgan fingerprint density at radius 3 is 0.800 bits per heavy atom. The maximum Gasteiger partial charge on any atom is 0.472 e. The molecule has 0 aromatic carbocycles. The number of carbonyl (C=O) groups excluding carboxylic acids is 4. The Hall–Kier alpha value is -4.54. The molecule has 4 atom stereocenters. The van der Waals surface area contributed by atoms with E-state index in [1.165, 1.54) is 0 Å². The zero-order chi connectivity index (χ0) is 73.2. The fourth-order valence-electron chi connectivity index (χ4n) is 10.0. The monoisotopic (exact) mass is 1440 g/mol. The minimum Gasteiger partial charge on any atom is -0.462 e. The number of ether oxygens (including phenoxy) is 4. The summed E-state index contributed by atoms with van der Waals surface area (Å²) in [6.45, 7) is 4.48. The minimum absolute atomic E-state index is 0.0744. The third-order valence-electron chi connectivity index (χ3n) is 15.9. The number of phosphoric ester groups is 2. The third-order valence-corrected chi connectivity index (χ3v) is 17.8. The lowest BCUT2D eigenvalue weighted by atomic mass is 10.1. The minimum atomic E-state index is -4.98. The van der Waals surface area contributed by atoms with Crippen molar-refractivity contribution in [1.29, 1.82) is 0 Å². The molecule has 19 heteroatoms. The van der Waals surface area contributed by atoms with Gasteiger partial charge < -0.3 is 33.8 Å². The highest BCUT2D eigenvalue weighted by Gasteiger charge is 2.30. The molecule has 0 fully saturated rings. The molecule has 0 amide bonds. The van der Waals surface area contributed by atoms with Crippen molar-refractivity contribution in [1.82, 2.24) is 0 Å². The van der Waals surface area contributed by atoms with Crippen molar-refractivity contribution < 1.29 is 80.2 Å². The molecule has 0 aliphatic carbocycles. The van der Waals surface area contributed by atoms with E-state index in [1.54, 1.807) is 0 Å². The zero-order valence-corrected chi connectivity index (χ0v) is 64.4. The second-order valence-corrected chi connectivity index (χ2v) is 28.4. The standard InChI is InChI=1S/C81H138O17P2/c1-5-9-13-17-21-25-29-33-35-37-39-43-45-49-53-57-61-65-78(83)91-71-76(97-80(85)67-63-59-55-51-47-41-31-27-23-19-15-11-7-3)73-95-99(87,88)93-69-75(82)70-94-100(89,90)96-74-77(98-81(86)68-64-60-56-52-48-42-32-28-24-20-16-12-8-4)72-92-79(84)66-62-58-54-50-46-44-40-38-36-34-30-26-22-18-14-10-6-2/h9-10,13-16,19-22,25-28,31-36,75-77,82H,5-8,11-12,17-18,23-24,29-30,37-74H2,1-4H3,(H,87,88)(H,89,90)/b13-9-,14-10-,19-15-,20-16-,25-21-,26-22-,31-27-,32-28-,35-33-,36-34-. The fourth-order valence-corrected chi connectivity index (χ4v) is 11.6. The summed E-state index contributed by atoms with van der Waals surface area (Å²) in [6.07, 6.45) is 79.0. The lowest BCUT2D eigenvalue weighted by Crippen LogP contribution is -2.30. The SMILES string of the molecule is CC/C=C\C/C=C\C/C=C\CCCCCCCCCC(=O)OCC(COP(=O)(O)OCC(O)COP(=O)(O)OCC(COC(=O)CCCCCCCCC/C=C\C/C=C\C/C=C\CC)OC(=O)CCCCCCC/C=C\C/C=C\CCC)OC(=O)CCCCCCC/C=C\C/C=C\CCC. The number of carbonyl (C=O) groups is 4. The van der Waals surface area contributed by atoms with Crippen molar-refractivity contribution >= 4 is 39.5 Å². The Morgan fingerprint density at radius 2 is 0.520 bits per heavy atom. The van der Waals surface area contributed by atoms with Gasteiger partial charge in [-0.15, -0.1) is 0 Å². The van der Waals surface area contributed by atoms with E-state index >= 15 is 0 Å². The smallest absolute Gasteiger partial charge is 0.462 e. The van der Waals surface area contributed by atoms with Gasteiger partial charge in [-0.2, -0.15) is 0 Å². The van der Waals surface area contributed by atoms with Crippen LogP contribution in [0.15, 0.2) is 122 Å². The summed E-state index contributed by atoms with van der Waals surface area (Å²) >= 11 is 0. The molecule has 17 nitrogen and oxygen atoms in total. The maximum absolute atomic E-state index is 13.1. The van der Waals surface area contributed by atoms with Crippen LogP contribution in [0.3, 0.4) is 0 Å². The molecule has 0 spiro atoms. The van der Waals surface area contributed by atoms with Gasteiger partial charge in [0.05, 0.1) is 26.4 Å². The van der Waals surface area contributed by atoms with E-state index in [0.717, 1.165) is 231 Å². The van der Waals surface area contributed by atoms with E-state index in [-0.39, 0.29) is 25.7 Å². The van der Waals surface area contributed by atoms with E-state index in [0.29, 0.717) is 25.7 Å². The Kier molecular flexibility index (Phi) is 69.5. The predicted molar refractivity (Wildman–Crippen MR) is 408 cm³/mol. The average molecular weight is 1450 g/mol. The molecule has 0 bridgehead atoms. The molecule has 0 saturated carbocycles. The van der Waals surface area contributed by atoms with Crippen LogP contribution in [0.1, 0.15) is 310 Å². The van der Waals surface area contributed by atoms with Crippen LogP contribution in [0.2, 0.25) is 0 Å². The third kappa shape index (κ3) is 71.8. The first-order valence-electron chi connectivity index (χ1n) is 38.8. The molecule has 0 aliphatic rings. The molecule has 0 rings (SSSR count). The molecule has 0 heterocycles. The van der Waals surface area contributed by atoms with E-state index in [4.69, 9.17) is 37.0 Å². The number of unbranched alkanes of at least 4 members (excludes halogenated alkanes) is 26. The van der Waals surface area contributed by atoms with Gasteiger partial charge in [-0.1, -0.05) is 265 Å². The highest BCUT2D eigenvalue weighted by atomic mass is 31.2. The van der Waals surface area contributed by atoms with Gasteiger partial charge in [0.25, 0.3) is 0 Å². The number of rotatable bonds is 72. The second-order valence-electron chi connectivity index (χ2n) is 25.5. The molecule has 574 valence electrons. The average Bonchev–Trinajstić information content (AvgIpc) is 0.943. The molecule has 4 unspecified atom stereocenters. The molecular weight excluding hydrogens is 1310 g/mol. The molecular formula is C81H138O17P2. The van der Waals surface area contributed by atoms with Crippen LogP contribution in [-0.2, 0) is 65.4 Å². The molecule has 0 aliphatic heterocycles. The number of aliphatic hydroxyl groups excluding tert-OH is 1. The molecule has 0 radical (unpaired) electrons. The van der Waals surface area contributed by atoms with Crippen LogP contribution in [0.5, 0.6) is 0 Å². The molecule has 0 saturated heterocycles. The highest BCUT2D eigenvalue weighted by Crippen LogP contribution is 2.45. The van der Waals surface area contributed by atoms with Crippen LogP contribution in [0.4, 0.5) is 0 Å². The second kappa shape index (κ2) is 72.8. The van der Waals surface area contributed by atoms with Crippen molar-refractivity contribution in [2.75, 3.05) is 39.6 Å². The van der Waals surface area contributed by atoms with Crippen molar-refractivity contribution in [3.63, 3.8) is 0 Å². The van der Waals surface area contributed by atoms with Gasteiger partial charge in [0.1, 0.15) is 19.3 Å². The summed E-state index contributed by atoms with van der Waals surface area (Å²) in [4.78, 5) is 72.9. The lowest BCUT2D eigenvalue weighted by Gasteiger charge is -2.21. The van der Waals surface area contributed by atoms with Crippen molar-refractivity contribution in [2.24, 2.45) is 0 Å². The molecule has 3 N–H and O–H groups in total. The van der Waals surface area contributed by atoms with Crippen LogP contribution in [0.25, 0.3) is 0 Å². The van der Waals surface area contributed by atoms with E-state index in [2.05, 4.69) is 149 Å². The van der Waals surface area contributed by atoms with Gasteiger partial charge in [-0.3, -0.25) is 37.3 Å². The van der Waals surface area contributed by atoms with Gasteiger partial charge in [-0.25, -0.2) is 9.13 Å². The van der Waals surface area contributed by atoms with Crippen molar-refractivity contribution in [3.05, 3.63) is 122 Å². The summed E-state index contributed by atoms with van der Waals surface area (Å²) in [7, 11) is -9.97.